The van der Waals surface area contributed by atoms with Crippen molar-refractivity contribution in [3.8, 4) is 5.75 Å². The van der Waals surface area contributed by atoms with Crippen LogP contribution in [0.3, 0.4) is 0 Å². The Labute approximate surface area is 136 Å². The van der Waals surface area contributed by atoms with Crippen LogP contribution in [0.5, 0.6) is 5.75 Å². The van der Waals surface area contributed by atoms with E-state index in [1.54, 1.807) is 12.1 Å². The predicted molar refractivity (Wildman–Crippen MR) is 86.6 cm³/mol. The number of hydrogen-bond acceptors (Lipinski definition) is 2. The summed E-state index contributed by atoms with van der Waals surface area (Å²) in [5.74, 6) is 0.559. The first-order valence-electron chi connectivity index (χ1n) is 6.04. The van der Waals surface area contributed by atoms with Crippen molar-refractivity contribution in [1.82, 2.24) is 5.32 Å². The molecular weight excluding hydrogens is 328 g/mol. The summed E-state index contributed by atoms with van der Waals surface area (Å²) in [7, 11) is 1.92. The van der Waals surface area contributed by atoms with Crippen LogP contribution < -0.4 is 10.1 Å². The van der Waals surface area contributed by atoms with Gasteiger partial charge in [-0.1, -0.05) is 48.1 Å². The van der Waals surface area contributed by atoms with Gasteiger partial charge in [0, 0.05) is 11.1 Å². The average molecular weight is 347 g/mol. The van der Waals surface area contributed by atoms with Crippen molar-refractivity contribution in [3.63, 3.8) is 0 Å². The van der Waals surface area contributed by atoms with Gasteiger partial charge in [0.15, 0.2) is 0 Å². The Bertz CT molecular complexity index is 387. The molecule has 1 atom stereocenters. The molecule has 0 bridgehead atoms. The second kappa shape index (κ2) is 9.95. The molecule has 0 aliphatic rings. The van der Waals surface area contributed by atoms with Crippen LogP contribution in [0.2, 0.25) is 15.1 Å². The van der Waals surface area contributed by atoms with Crippen LogP contribution in [0, 0.1) is 0 Å². The van der Waals surface area contributed by atoms with E-state index >= 15 is 0 Å². The first kappa shape index (κ1) is 19.1. The fourth-order valence-electron chi connectivity index (χ4n) is 1.69. The Hall–Kier alpha value is 0.140. The standard InChI is InChI=1S/C13H18Cl3NO.ClH/c1-3-4-10(5-6-17-2)18-12-8-9(14)7-11(15)13(12)16;/h7-8,10,17H,3-6H2,1-2H3;1H/t10-;/m0./s1. The molecule has 1 N–H and O–H groups in total. The van der Waals surface area contributed by atoms with Crippen molar-refractivity contribution in [3.05, 3.63) is 27.2 Å². The van der Waals surface area contributed by atoms with E-state index in [-0.39, 0.29) is 18.5 Å². The molecule has 0 saturated carbocycles. The zero-order chi connectivity index (χ0) is 13.5. The molecule has 0 saturated heterocycles. The Morgan fingerprint density at radius 2 is 1.89 bits per heavy atom. The number of hydrogen-bond donors (Lipinski definition) is 1. The van der Waals surface area contributed by atoms with E-state index in [2.05, 4.69) is 12.2 Å². The molecule has 0 heterocycles. The van der Waals surface area contributed by atoms with Crippen LogP contribution >= 0.6 is 47.2 Å². The van der Waals surface area contributed by atoms with Gasteiger partial charge in [0.1, 0.15) is 10.8 Å². The monoisotopic (exact) mass is 345 g/mol. The number of rotatable bonds is 7. The molecular formula is C13H19Cl4NO. The fourth-order valence-corrected chi connectivity index (χ4v) is 2.32. The van der Waals surface area contributed by atoms with Gasteiger partial charge in [-0.3, -0.25) is 0 Å². The minimum Gasteiger partial charge on any atom is -0.489 e. The Kier molecular flexibility index (Phi) is 10.0. The zero-order valence-electron chi connectivity index (χ0n) is 11.0. The topological polar surface area (TPSA) is 21.3 Å². The minimum absolute atomic E-state index is 0. The molecule has 0 amide bonds. The average Bonchev–Trinajstić information content (AvgIpc) is 2.32. The lowest BCUT2D eigenvalue weighted by atomic mass is 10.1. The maximum Gasteiger partial charge on any atom is 0.141 e. The van der Waals surface area contributed by atoms with Crippen LogP contribution in [0.15, 0.2) is 12.1 Å². The van der Waals surface area contributed by atoms with Crippen LogP contribution in [0.1, 0.15) is 26.2 Å². The van der Waals surface area contributed by atoms with Crippen LogP contribution in [0.25, 0.3) is 0 Å². The van der Waals surface area contributed by atoms with Crippen LogP contribution in [-0.2, 0) is 0 Å². The maximum atomic E-state index is 6.11. The van der Waals surface area contributed by atoms with E-state index in [9.17, 15) is 0 Å². The fraction of sp³-hybridized carbons (Fsp3) is 0.538. The van der Waals surface area contributed by atoms with E-state index in [0.717, 1.165) is 25.8 Å². The molecule has 6 heteroatoms. The molecule has 0 fully saturated rings. The lowest BCUT2D eigenvalue weighted by Gasteiger charge is -2.20. The Morgan fingerprint density at radius 3 is 2.47 bits per heavy atom. The zero-order valence-corrected chi connectivity index (χ0v) is 14.1. The number of benzene rings is 1. The third-order valence-electron chi connectivity index (χ3n) is 2.58. The Morgan fingerprint density at radius 1 is 1.21 bits per heavy atom. The van der Waals surface area contributed by atoms with E-state index in [4.69, 9.17) is 39.5 Å². The van der Waals surface area contributed by atoms with Gasteiger partial charge in [0.2, 0.25) is 0 Å². The summed E-state index contributed by atoms with van der Waals surface area (Å²) in [6.45, 7) is 3.03. The van der Waals surface area contributed by atoms with Crippen molar-refractivity contribution in [2.45, 2.75) is 32.3 Å². The molecule has 0 spiro atoms. The van der Waals surface area contributed by atoms with Gasteiger partial charge in [-0.2, -0.15) is 0 Å². The summed E-state index contributed by atoms with van der Waals surface area (Å²) in [4.78, 5) is 0. The first-order valence-corrected chi connectivity index (χ1v) is 7.17. The van der Waals surface area contributed by atoms with Gasteiger partial charge in [0.25, 0.3) is 0 Å². The number of ether oxygens (including phenoxy) is 1. The van der Waals surface area contributed by atoms with Crippen molar-refractivity contribution in [2.24, 2.45) is 0 Å². The molecule has 0 radical (unpaired) electrons. The maximum absolute atomic E-state index is 6.11. The quantitative estimate of drug-likeness (QED) is 0.683. The van der Waals surface area contributed by atoms with Gasteiger partial charge in [0.05, 0.1) is 11.1 Å². The molecule has 1 aromatic carbocycles. The highest BCUT2D eigenvalue weighted by Gasteiger charge is 2.14. The molecule has 110 valence electrons. The van der Waals surface area contributed by atoms with Gasteiger partial charge in [-0.05, 0) is 32.5 Å². The molecule has 2 nitrogen and oxygen atoms in total. The second-order valence-corrected chi connectivity index (χ2v) is 5.34. The Balaban J connectivity index is 0.00000324. The summed E-state index contributed by atoms with van der Waals surface area (Å²) in [6.07, 6.45) is 3.07. The van der Waals surface area contributed by atoms with E-state index in [0.29, 0.717) is 20.8 Å². The second-order valence-electron chi connectivity index (χ2n) is 4.12. The highest BCUT2D eigenvalue weighted by atomic mass is 35.5. The van der Waals surface area contributed by atoms with Crippen molar-refractivity contribution in [1.29, 1.82) is 0 Å². The molecule has 0 aromatic heterocycles. The van der Waals surface area contributed by atoms with Gasteiger partial charge >= 0.3 is 0 Å². The molecule has 0 aliphatic heterocycles. The van der Waals surface area contributed by atoms with E-state index in [1.807, 2.05) is 7.05 Å². The predicted octanol–water partition coefficient (Wildman–Crippen LogP) is 5.23. The highest BCUT2D eigenvalue weighted by Crippen LogP contribution is 2.36. The third-order valence-corrected chi connectivity index (χ3v) is 3.58. The van der Waals surface area contributed by atoms with E-state index < -0.39 is 0 Å². The van der Waals surface area contributed by atoms with E-state index in [1.165, 1.54) is 0 Å². The molecule has 0 aliphatic carbocycles. The lowest BCUT2D eigenvalue weighted by molar-refractivity contribution is 0.180. The SMILES string of the molecule is CCC[C@@H](CCNC)Oc1cc(Cl)cc(Cl)c1Cl.Cl. The molecule has 1 aromatic rings. The highest BCUT2D eigenvalue weighted by molar-refractivity contribution is 6.44. The number of halogens is 4. The molecule has 19 heavy (non-hydrogen) atoms. The summed E-state index contributed by atoms with van der Waals surface area (Å²) in [5.41, 5.74) is 0. The number of nitrogens with one attached hydrogen (secondary N) is 1. The van der Waals surface area contributed by atoms with Crippen molar-refractivity contribution >= 4 is 47.2 Å². The molecule has 1 rings (SSSR count). The van der Waals surface area contributed by atoms with Crippen LogP contribution in [0.4, 0.5) is 0 Å². The smallest absolute Gasteiger partial charge is 0.141 e. The van der Waals surface area contributed by atoms with Crippen LogP contribution in [-0.4, -0.2) is 19.7 Å². The summed E-state index contributed by atoms with van der Waals surface area (Å²) in [5, 5.41) is 4.49. The van der Waals surface area contributed by atoms with Gasteiger partial charge in [-0.25, -0.2) is 0 Å². The lowest BCUT2D eigenvalue weighted by Crippen LogP contribution is -2.22. The summed E-state index contributed by atoms with van der Waals surface area (Å²) >= 11 is 18.0. The van der Waals surface area contributed by atoms with Crippen molar-refractivity contribution in [2.75, 3.05) is 13.6 Å². The van der Waals surface area contributed by atoms with Gasteiger partial charge in [-0.15, -0.1) is 12.4 Å². The van der Waals surface area contributed by atoms with Gasteiger partial charge < -0.3 is 10.1 Å². The first-order chi connectivity index (χ1) is 8.58. The largest absolute Gasteiger partial charge is 0.489 e. The molecule has 0 unspecified atom stereocenters. The normalized spacial score (nSPS) is 11.8. The summed E-state index contributed by atoms with van der Waals surface area (Å²) < 4.78 is 5.91. The van der Waals surface area contributed by atoms with Crippen molar-refractivity contribution < 1.29 is 4.74 Å². The third kappa shape index (κ3) is 6.42. The minimum atomic E-state index is 0. The summed E-state index contributed by atoms with van der Waals surface area (Å²) in [6, 6.07) is 3.32.